The number of aliphatic carboxylic acids is 1. The van der Waals surface area contributed by atoms with Gasteiger partial charge in [0.1, 0.15) is 5.60 Å². The van der Waals surface area contributed by atoms with Gasteiger partial charge >= 0.3 is 6.09 Å². The van der Waals surface area contributed by atoms with E-state index < -0.39 is 17.7 Å². The van der Waals surface area contributed by atoms with Crippen LogP contribution in [0.2, 0.25) is 0 Å². The first-order valence-electron chi connectivity index (χ1n) is 5.71. The molecule has 6 heteroatoms. The van der Waals surface area contributed by atoms with Gasteiger partial charge in [-0.25, -0.2) is 4.79 Å². The van der Waals surface area contributed by atoms with Crippen molar-refractivity contribution in [2.24, 2.45) is 0 Å². The SMILES string of the molecule is CC(C)(C)OC(=O)NC1CCCN1CC(=O)[O-]. The van der Waals surface area contributed by atoms with E-state index in [4.69, 9.17) is 4.74 Å². The van der Waals surface area contributed by atoms with E-state index in [1.165, 1.54) is 0 Å². The van der Waals surface area contributed by atoms with Crippen LogP contribution in [-0.4, -0.2) is 41.8 Å². The molecule has 6 nitrogen and oxygen atoms in total. The van der Waals surface area contributed by atoms with Gasteiger partial charge in [0.15, 0.2) is 0 Å². The Morgan fingerprint density at radius 2 is 2.12 bits per heavy atom. The van der Waals surface area contributed by atoms with Gasteiger partial charge in [-0.3, -0.25) is 4.90 Å². The van der Waals surface area contributed by atoms with Crippen LogP contribution in [0.25, 0.3) is 0 Å². The van der Waals surface area contributed by atoms with Gasteiger partial charge in [0, 0.05) is 13.1 Å². The molecule has 1 aliphatic heterocycles. The zero-order chi connectivity index (χ0) is 13.1. The van der Waals surface area contributed by atoms with Crippen LogP contribution in [0, 0.1) is 0 Å². The monoisotopic (exact) mass is 243 g/mol. The lowest BCUT2D eigenvalue weighted by Crippen LogP contribution is -2.49. The Morgan fingerprint density at radius 3 is 2.65 bits per heavy atom. The molecule has 17 heavy (non-hydrogen) atoms. The predicted octanol–water partition coefficient (Wildman–Crippen LogP) is -0.317. The summed E-state index contributed by atoms with van der Waals surface area (Å²) >= 11 is 0. The first kappa shape index (κ1) is 13.8. The molecule has 98 valence electrons. The highest BCUT2D eigenvalue weighted by atomic mass is 16.6. The molecule has 0 spiro atoms. The van der Waals surface area contributed by atoms with E-state index in [-0.39, 0.29) is 12.7 Å². The normalized spacial score (nSPS) is 21.2. The average molecular weight is 243 g/mol. The second-order valence-corrected chi connectivity index (χ2v) is 5.15. The maximum atomic E-state index is 11.5. The van der Waals surface area contributed by atoms with Crippen LogP contribution in [-0.2, 0) is 9.53 Å². The fourth-order valence-electron chi connectivity index (χ4n) is 1.79. The van der Waals surface area contributed by atoms with Crippen molar-refractivity contribution in [2.45, 2.75) is 45.4 Å². The summed E-state index contributed by atoms with van der Waals surface area (Å²) in [5.74, 6) is -1.14. The lowest BCUT2D eigenvalue weighted by atomic mass is 10.2. The van der Waals surface area contributed by atoms with Crippen LogP contribution in [0.5, 0.6) is 0 Å². The van der Waals surface area contributed by atoms with Gasteiger partial charge in [-0.2, -0.15) is 0 Å². The third-order valence-electron chi connectivity index (χ3n) is 2.38. The standard InChI is InChI=1S/C11H20N2O4/c1-11(2,3)17-10(16)12-8-5-4-6-13(8)7-9(14)15/h8H,4-7H2,1-3H3,(H,12,16)(H,14,15)/p-1. The fraction of sp³-hybridized carbons (Fsp3) is 0.818. The summed E-state index contributed by atoms with van der Waals surface area (Å²) in [5.41, 5.74) is -0.554. The Bertz CT molecular complexity index is 298. The summed E-state index contributed by atoms with van der Waals surface area (Å²) < 4.78 is 5.11. The number of nitrogens with zero attached hydrogens (tertiary/aromatic N) is 1. The number of hydrogen-bond acceptors (Lipinski definition) is 5. The second kappa shape index (κ2) is 5.35. The van der Waals surface area contributed by atoms with Gasteiger partial charge in [0.2, 0.25) is 0 Å². The van der Waals surface area contributed by atoms with Crippen LogP contribution < -0.4 is 10.4 Å². The third kappa shape index (κ3) is 5.04. The lowest BCUT2D eigenvalue weighted by molar-refractivity contribution is -0.306. The highest BCUT2D eigenvalue weighted by molar-refractivity contribution is 5.69. The van der Waals surface area contributed by atoms with E-state index in [9.17, 15) is 14.7 Å². The summed E-state index contributed by atoms with van der Waals surface area (Å²) in [4.78, 5) is 23.7. The molecule has 1 N–H and O–H groups in total. The van der Waals surface area contributed by atoms with Gasteiger partial charge in [-0.05, 0) is 33.6 Å². The second-order valence-electron chi connectivity index (χ2n) is 5.15. The maximum Gasteiger partial charge on any atom is 0.408 e. The lowest BCUT2D eigenvalue weighted by Gasteiger charge is -2.27. The number of ether oxygens (including phenoxy) is 1. The number of carboxylic acids is 1. The molecule has 1 amide bonds. The van der Waals surface area contributed by atoms with Crippen molar-refractivity contribution in [1.29, 1.82) is 0 Å². The summed E-state index contributed by atoms with van der Waals surface area (Å²) in [6, 6.07) is 0. The number of carboxylic acid groups (broad SMARTS) is 1. The third-order valence-corrected chi connectivity index (χ3v) is 2.38. The topological polar surface area (TPSA) is 81.7 Å². The number of carbonyl (C=O) groups is 2. The van der Waals surface area contributed by atoms with Crippen LogP contribution in [0.3, 0.4) is 0 Å². The molecule has 0 aromatic rings. The summed E-state index contributed by atoms with van der Waals surface area (Å²) in [6.07, 6.45) is 0.788. The molecule has 0 radical (unpaired) electrons. The van der Waals surface area contributed by atoms with Gasteiger partial charge in [0.05, 0.1) is 12.1 Å². The van der Waals surface area contributed by atoms with E-state index in [1.807, 2.05) is 0 Å². The molecule has 0 bridgehead atoms. The van der Waals surface area contributed by atoms with Gasteiger partial charge in [0.25, 0.3) is 0 Å². The van der Waals surface area contributed by atoms with E-state index in [0.29, 0.717) is 6.54 Å². The molecule has 1 rings (SSSR count). The number of alkyl carbamates (subject to hydrolysis) is 1. The highest BCUT2D eigenvalue weighted by Gasteiger charge is 2.27. The van der Waals surface area contributed by atoms with E-state index >= 15 is 0 Å². The first-order chi connectivity index (χ1) is 7.78. The quantitative estimate of drug-likeness (QED) is 0.735. The Hall–Kier alpha value is -1.30. The Morgan fingerprint density at radius 1 is 1.47 bits per heavy atom. The summed E-state index contributed by atoms with van der Waals surface area (Å²) in [6.45, 7) is 5.81. The zero-order valence-electron chi connectivity index (χ0n) is 10.5. The number of rotatable bonds is 3. The van der Waals surface area contributed by atoms with Gasteiger partial charge in [-0.15, -0.1) is 0 Å². The first-order valence-corrected chi connectivity index (χ1v) is 5.71. The number of amides is 1. The number of likely N-dealkylation sites (tertiary alicyclic amines) is 1. The van der Waals surface area contributed by atoms with Crippen LogP contribution in [0.15, 0.2) is 0 Å². The molecular formula is C11H19N2O4-. The Labute approximate surface area is 101 Å². The molecule has 1 fully saturated rings. The van der Waals surface area contributed by atoms with E-state index in [1.54, 1.807) is 25.7 Å². The smallest absolute Gasteiger partial charge is 0.408 e. The average Bonchev–Trinajstić information content (AvgIpc) is 2.47. The minimum Gasteiger partial charge on any atom is -0.549 e. The van der Waals surface area contributed by atoms with Crippen LogP contribution in [0.1, 0.15) is 33.6 Å². The van der Waals surface area contributed by atoms with Crippen molar-refractivity contribution in [3.8, 4) is 0 Å². The minimum absolute atomic E-state index is 0.166. The number of carbonyl (C=O) groups excluding carboxylic acids is 2. The van der Waals surface area contributed by atoms with Crippen molar-refractivity contribution in [1.82, 2.24) is 10.2 Å². The number of hydrogen-bond donors (Lipinski definition) is 1. The van der Waals surface area contributed by atoms with Gasteiger partial charge in [-0.1, -0.05) is 0 Å². The Kier molecular flexibility index (Phi) is 4.34. The molecule has 0 aromatic heterocycles. The molecule has 1 heterocycles. The Balaban J connectivity index is 2.44. The zero-order valence-corrected chi connectivity index (χ0v) is 10.5. The van der Waals surface area contributed by atoms with E-state index in [2.05, 4.69) is 5.32 Å². The predicted molar refractivity (Wildman–Crippen MR) is 59.0 cm³/mol. The van der Waals surface area contributed by atoms with Crippen LogP contribution >= 0.6 is 0 Å². The molecule has 1 saturated heterocycles. The largest absolute Gasteiger partial charge is 0.549 e. The molecule has 1 atom stereocenters. The molecular weight excluding hydrogens is 224 g/mol. The van der Waals surface area contributed by atoms with Crippen molar-refractivity contribution >= 4 is 12.1 Å². The molecule has 0 saturated carbocycles. The van der Waals surface area contributed by atoms with Gasteiger partial charge < -0.3 is 20.0 Å². The molecule has 1 aliphatic rings. The molecule has 0 aliphatic carbocycles. The number of nitrogens with one attached hydrogen (secondary N) is 1. The highest BCUT2D eigenvalue weighted by Crippen LogP contribution is 2.15. The maximum absolute atomic E-state index is 11.5. The fourth-order valence-corrected chi connectivity index (χ4v) is 1.79. The van der Waals surface area contributed by atoms with Crippen molar-refractivity contribution in [2.75, 3.05) is 13.1 Å². The van der Waals surface area contributed by atoms with Crippen molar-refractivity contribution in [3.05, 3.63) is 0 Å². The van der Waals surface area contributed by atoms with E-state index in [0.717, 1.165) is 12.8 Å². The minimum atomic E-state index is -1.14. The van der Waals surface area contributed by atoms with Crippen molar-refractivity contribution < 1.29 is 19.4 Å². The molecule has 1 unspecified atom stereocenters. The molecule has 0 aromatic carbocycles. The summed E-state index contributed by atoms with van der Waals surface area (Å²) in [7, 11) is 0. The van der Waals surface area contributed by atoms with Crippen LogP contribution in [0.4, 0.5) is 4.79 Å². The summed E-state index contributed by atoms with van der Waals surface area (Å²) in [5, 5.41) is 13.2. The van der Waals surface area contributed by atoms with Crippen molar-refractivity contribution in [3.63, 3.8) is 0 Å².